The summed E-state index contributed by atoms with van der Waals surface area (Å²) in [6.07, 6.45) is 2.10. The molecule has 16 heavy (non-hydrogen) atoms. The fraction of sp³-hybridized carbons (Fsp3) is 0.750. The third kappa shape index (κ3) is 3.52. The fourth-order valence-electron chi connectivity index (χ4n) is 1.51. The zero-order chi connectivity index (χ0) is 12.3. The average Bonchev–Trinajstić information content (AvgIpc) is 2.45. The van der Waals surface area contributed by atoms with Gasteiger partial charge in [-0.1, -0.05) is 0 Å². The molecule has 0 saturated carbocycles. The first-order chi connectivity index (χ1) is 7.40. The standard InChI is InChI=1S/C12H24N4/c1-9(2)13-12-14-10(3)7-16(12)8-11(4)15(5)6/h7,9,11H,8H2,1-6H3,(H,13,14). The van der Waals surface area contributed by atoms with Gasteiger partial charge < -0.3 is 14.8 Å². The van der Waals surface area contributed by atoms with Gasteiger partial charge in [0.2, 0.25) is 5.95 Å². The molecule has 1 aromatic rings. The number of anilines is 1. The molecule has 1 aromatic heterocycles. The maximum atomic E-state index is 4.50. The minimum Gasteiger partial charge on any atom is -0.353 e. The number of hydrogen-bond donors (Lipinski definition) is 1. The van der Waals surface area contributed by atoms with Crippen LogP contribution in [0, 0.1) is 6.92 Å². The Labute approximate surface area is 98.7 Å². The second-order valence-corrected chi connectivity index (χ2v) is 4.97. The Bertz CT molecular complexity index is 328. The van der Waals surface area contributed by atoms with E-state index < -0.39 is 0 Å². The van der Waals surface area contributed by atoms with Gasteiger partial charge in [0.1, 0.15) is 0 Å². The first-order valence-electron chi connectivity index (χ1n) is 5.87. The summed E-state index contributed by atoms with van der Waals surface area (Å²) in [5.74, 6) is 0.973. The molecule has 0 bridgehead atoms. The number of hydrogen-bond acceptors (Lipinski definition) is 3. The molecule has 92 valence electrons. The van der Waals surface area contributed by atoms with Crippen molar-refractivity contribution >= 4 is 5.95 Å². The fourth-order valence-corrected chi connectivity index (χ4v) is 1.51. The third-order valence-corrected chi connectivity index (χ3v) is 2.66. The van der Waals surface area contributed by atoms with Crippen LogP contribution in [0.15, 0.2) is 6.20 Å². The van der Waals surface area contributed by atoms with E-state index in [4.69, 9.17) is 0 Å². The molecule has 0 saturated heterocycles. The van der Waals surface area contributed by atoms with Crippen LogP contribution < -0.4 is 5.32 Å². The molecule has 0 radical (unpaired) electrons. The summed E-state index contributed by atoms with van der Waals surface area (Å²) in [5.41, 5.74) is 1.06. The number of aryl methyl sites for hydroxylation is 1. The van der Waals surface area contributed by atoms with Crippen molar-refractivity contribution < 1.29 is 0 Å². The van der Waals surface area contributed by atoms with Gasteiger partial charge in [0, 0.05) is 24.8 Å². The van der Waals surface area contributed by atoms with E-state index >= 15 is 0 Å². The number of aromatic nitrogens is 2. The van der Waals surface area contributed by atoms with E-state index in [9.17, 15) is 0 Å². The first-order valence-corrected chi connectivity index (χ1v) is 5.87. The molecule has 1 N–H and O–H groups in total. The highest BCUT2D eigenvalue weighted by atomic mass is 15.2. The van der Waals surface area contributed by atoms with Gasteiger partial charge in [-0.05, 0) is 41.8 Å². The van der Waals surface area contributed by atoms with Crippen LogP contribution in [-0.4, -0.2) is 40.6 Å². The van der Waals surface area contributed by atoms with Crippen molar-refractivity contribution in [2.24, 2.45) is 0 Å². The van der Waals surface area contributed by atoms with Crippen molar-refractivity contribution in [1.82, 2.24) is 14.5 Å². The molecule has 0 aliphatic heterocycles. The van der Waals surface area contributed by atoms with Crippen LogP contribution in [0.1, 0.15) is 26.5 Å². The summed E-state index contributed by atoms with van der Waals surface area (Å²) in [7, 11) is 4.20. The Kier molecular flexibility index (Phi) is 4.35. The molecule has 1 atom stereocenters. The topological polar surface area (TPSA) is 33.1 Å². The highest BCUT2D eigenvalue weighted by Crippen LogP contribution is 2.11. The van der Waals surface area contributed by atoms with Gasteiger partial charge in [-0.25, -0.2) is 4.98 Å². The number of imidazole rings is 1. The van der Waals surface area contributed by atoms with Gasteiger partial charge in [0.15, 0.2) is 0 Å². The molecule has 0 aromatic carbocycles. The van der Waals surface area contributed by atoms with E-state index in [1.165, 1.54) is 0 Å². The van der Waals surface area contributed by atoms with Gasteiger partial charge in [0.25, 0.3) is 0 Å². The van der Waals surface area contributed by atoms with Crippen molar-refractivity contribution in [2.75, 3.05) is 19.4 Å². The van der Waals surface area contributed by atoms with E-state index in [0.29, 0.717) is 12.1 Å². The molecule has 0 aliphatic carbocycles. The quantitative estimate of drug-likeness (QED) is 0.830. The van der Waals surface area contributed by atoms with E-state index in [1.807, 2.05) is 6.92 Å². The minimum atomic E-state index is 0.412. The number of nitrogens with zero attached hydrogens (tertiary/aromatic N) is 3. The van der Waals surface area contributed by atoms with Crippen LogP contribution in [0.2, 0.25) is 0 Å². The Hall–Kier alpha value is -1.03. The number of nitrogens with one attached hydrogen (secondary N) is 1. The molecule has 0 aliphatic rings. The molecule has 0 fully saturated rings. The normalized spacial score (nSPS) is 13.5. The van der Waals surface area contributed by atoms with Gasteiger partial charge >= 0.3 is 0 Å². The Morgan fingerprint density at radius 1 is 1.38 bits per heavy atom. The number of rotatable bonds is 5. The summed E-state index contributed by atoms with van der Waals surface area (Å²) in [4.78, 5) is 6.71. The monoisotopic (exact) mass is 224 g/mol. The number of likely N-dealkylation sites (N-methyl/N-ethyl adjacent to an activating group) is 1. The second kappa shape index (κ2) is 5.34. The summed E-state index contributed by atoms with van der Waals surface area (Å²) in [6.45, 7) is 9.47. The minimum absolute atomic E-state index is 0.412. The van der Waals surface area contributed by atoms with Crippen LogP contribution in [0.4, 0.5) is 5.95 Å². The lowest BCUT2D eigenvalue weighted by Crippen LogP contribution is -2.29. The molecule has 4 nitrogen and oxygen atoms in total. The van der Waals surface area contributed by atoms with Crippen molar-refractivity contribution in [3.8, 4) is 0 Å². The lowest BCUT2D eigenvalue weighted by Gasteiger charge is -2.21. The smallest absolute Gasteiger partial charge is 0.203 e. The van der Waals surface area contributed by atoms with E-state index in [1.54, 1.807) is 0 Å². The largest absolute Gasteiger partial charge is 0.353 e. The third-order valence-electron chi connectivity index (χ3n) is 2.66. The highest BCUT2D eigenvalue weighted by Gasteiger charge is 2.11. The summed E-state index contributed by atoms with van der Waals surface area (Å²) < 4.78 is 2.19. The van der Waals surface area contributed by atoms with Crippen molar-refractivity contribution in [3.05, 3.63) is 11.9 Å². The van der Waals surface area contributed by atoms with Crippen LogP contribution in [0.3, 0.4) is 0 Å². The maximum Gasteiger partial charge on any atom is 0.203 e. The predicted octanol–water partition coefficient (Wildman–Crippen LogP) is 1.96. The van der Waals surface area contributed by atoms with Crippen molar-refractivity contribution in [2.45, 2.75) is 46.3 Å². The van der Waals surface area contributed by atoms with E-state index in [2.05, 4.69) is 60.8 Å². The zero-order valence-electron chi connectivity index (χ0n) is 11.3. The molecule has 4 heteroatoms. The van der Waals surface area contributed by atoms with Gasteiger partial charge in [-0.15, -0.1) is 0 Å². The maximum absolute atomic E-state index is 4.50. The van der Waals surface area contributed by atoms with Gasteiger partial charge in [0.05, 0.1) is 5.69 Å². The van der Waals surface area contributed by atoms with Crippen molar-refractivity contribution in [3.63, 3.8) is 0 Å². The summed E-state index contributed by atoms with van der Waals surface area (Å²) >= 11 is 0. The van der Waals surface area contributed by atoms with E-state index in [-0.39, 0.29) is 0 Å². The highest BCUT2D eigenvalue weighted by molar-refractivity contribution is 5.29. The Morgan fingerprint density at radius 2 is 2.00 bits per heavy atom. The lowest BCUT2D eigenvalue weighted by atomic mass is 10.3. The molecule has 1 rings (SSSR count). The van der Waals surface area contributed by atoms with Gasteiger partial charge in [-0.2, -0.15) is 0 Å². The summed E-state index contributed by atoms with van der Waals surface area (Å²) in [6, 6.07) is 0.913. The predicted molar refractivity (Wildman–Crippen MR) is 68.9 cm³/mol. The zero-order valence-corrected chi connectivity index (χ0v) is 11.3. The Morgan fingerprint density at radius 3 is 2.50 bits per heavy atom. The lowest BCUT2D eigenvalue weighted by molar-refractivity contribution is 0.284. The molecule has 0 spiro atoms. The molecule has 1 unspecified atom stereocenters. The molecular formula is C12H24N4. The van der Waals surface area contributed by atoms with Crippen molar-refractivity contribution in [1.29, 1.82) is 0 Å². The van der Waals surface area contributed by atoms with Crippen LogP contribution in [0.5, 0.6) is 0 Å². The average molecular weight is 224 g/mol. The molecule has 1 heterocycles. The van der Waals surface area contributed by atoms with E-state index in [0.717, 1.165) is 18.2 Å². The molecular weight excluding hydrogens is 200 g/mol. The molecule has 0 amide bonds. The Balaban J connectivity index is 2.78. The van der Waals surface area contributed by atoms with Gasteiger partial charge in [-0.3, -0.25) is 0 Å². The second-order valence-electron chi connectivity index (χ2n) is 4.97. The SMILES string of the molecule is Cc1cn(CC(C)N(C)C)c(NC(C)C)n1. The first kappa shape index (κ1) is 13.0. The van der Waals surface area contributed by atoms with Crippen LogP contribution in [0.25, 0.3) is 0 Å². The summed E-state index contributed by atoms with van der Waals surface area (Å²) in [5, 5.41) is 3.37. The van der Waals surface area contributed by atoms with Crippen LogP contribution >= 0.6 is 0 Å². The van der Waals surface area contributed by atoms with Crippen LogP contribution in [-0.2, 0) is 6.54 Å².